The highest BCUT2D eigenvalue weighted by molar-refractivity contribution is 5.99. The molecule has 2 rings (SSSR count). The fraction of sp³-hybridized carbons (Fsp3) is 0.278. The zero-order valence-electron chi connectivity index (χ0n) is 13.1. The van der Waals surface area contributed by atoms with E-state index in [-0.39, 0.29) is 5.91 Å². The van der Waals surface area contributed by atoms with Gasteiger partial charge in [-0.1, -0.05) is 30.3 Å². The lowest BCUT2D eigenvalue weighted by atomic mass is 10.1. The van der Waals surface area contributed by atoms with Crippen LogP contribution in [-0.4, -0.2) is 24.9 Å². The lowest BCUT2D eigenvalue weighted by molar-refractivity contribution is 0.0828. The predicted octanol–water partition coefficient (Wildman–Crippen LogP) is 3.62. The summed E-state index contributed by atoms with van der Waals surface area (Å²) in [6.07, 6.45) is 0. The molecule has 0 aromatic heterocycles. The Morgan fingerprint density at radius 2 is 1.76 bits per heavy atom. The fourth-order valence-electron chi connectivity index (χ4n) is 2.18. The topological polar surface area (TPSA) is 32.3 Å². The number of nitrogens with one attached hydrogen (secondary N) is 1. The summed E-state index contributed by atoms with van der Waals surface area (Å²) in [5.74, 6) is 0.0122. The SMILES string of the molecule is Cc1ccc(CNc2ccccc2C(=O)N(C)C)cc1C. The monoisotopic (exact) mass is 282 g/mol. The minimum Gasteiger partial charge on any atom is -0.380 e. The molecule has 0 saturated heterocycles. The highest BCUT2D eigenvalue weighted by atomic mass is 16.2. The highest BCUT2D eigenvalue weighted by Crippen LogP contribution is 2.18. The maximum Gasteiger partial charge on any atom is 0.255 e. The first kappa shape index (κ1) is 15.1. The van der Waals surface area contributed by atoms with Crippen molar-refractivity contribution in [2.24, 2.45) is 0 Å². The lowest BCUT2D eigenvalue weighted by Crippen LogP contribution is -2.22. The summed E-state index contributed by atoms with van der Waals surface area (Å²) in [6, 6.07) is 14.0. The molecule has 0 atom stereocenters. The van der Waals surface area contributed by atoms with Crippen molar-refractivity contribution in [3.8, 4) is 0 Å². The molecule has 0 saturated carbocycles. The smallest absolute Gasteiger partial charge is 0.255 e. The molecule has 3 heteroatoms. The third-order valence-electron chi connectivity index (χ3n) is 3.62. The van der Waals surface area contributed by atoms with Crippen LogP contribution in [0.1, 0.15) is 27.0 Å². The number of anilines is 1. The molecule has 21 heavy (non-hydrogen) atoms. The number of benzene rings is 2. The van der Waals surface area contributed by atoms with E-state index in [9.17, 15) is 4.79 Å². The minimum absolute atomic E-state index is 0.0122. The Bertz CT molecular complexity index is 647. The maximum atomic E-state index is 12.2. The van der Waals surface area contributed by atoms with Crippen LogP contribution in [0.5, 0.6) is 0 Å². The second-order valence-corrected chi connectivity index (χ2v) is 5.52. The van der Waals surface area contributed by atoms with Gasteiger partial charge in [0.2, 0.25) is 0 Å². The van der Waals surface area contributed by atoms with Gasteiger partial charge in [0.15, 0.2) is 0 Å². The Morgan fingerprint density at radius 3 is 2.43 bits per heavy atom. The van der Waals surface area contributed by atoms with Gasteiger partial charge in [0.05, 0.1) is 5.56 Å². The van der Waals surface area contributed by atoms with E-state index in [4.69, 9.17) is 0 Å². The van der Waals surface area contributed by atoms with Crippen LogP contribution in [0.3, 0.4) is 0 Å². The average Bonchev–Trinajstić information content (AvgIpc) is 2.48. The number of para-hydroxylation sites is 1. The summed E-state index contributed by atoms with van der Waals surface area (Å²) in [5.41, 5.74) is 5.36. The summed E-state index contributed by atoms with van der Waals surface area (Å²) in [4.78, 5) is 13.8. The summed E-state index contributed by atoms with van der Waals surface area (Å²) < 4.78 is 0. The van der Waals surface area contributed by atoms with Gasteiger partial charge >= 0.3 is 0 Å². The van der Waals surface area contributed by atoms with Gasteiger partial charge in [0, 0.05) is 26.3 Å². The Morgan fingerprint density at radius 1 is 1.05 bits per heavy atom. The van der Waals surface area contributed by atoms with Crippen molar-refractivity contribution in [1.82, 2.24) is 4.90 Å². The fourth-order valence-corrected chi connectivity index (χ4v) is 2.18. The molecule has 0 bridgehead atoms. The van der Waals surface area contributed by atoms with Crippen molar-refractivity contribution in [2.75, 3.05) is 19.4 Å². The normalized spacial score (nSPS) is 10.3. The van der Waals surface area contributed by atoms with Gasteiger partial charge in [-0.3, -0.25) is 4.79 Å². The molecule has 2 aromatic rings. The summed E-state index contributed by atoms with van der Waals surface area (Å²) in [7, 11) is 3.53. The molecule has 0 fully saturated rings. The molecular weight excluding hydrogens is 260 g/mol. The predicted molar refractivity (Wildman–Crippen MR) is 87.7 cm³/mol. The first-order valence-corrected chi connectivity index (χ1v) is 7.09. The van der Waals surface area contributed by atoms with Crippen molar-refractivity contribution in [1.29, 1.82) is 0 Å². The third-order valence-corrected chi connectivity index (χ3v) is 3.62. The van der Waals surface area contributed by atoms with Crippen molar-refractivity contribution >= 4 is 11.6 Å². The largest absolute Gasteiger partial charge is 0.380 e. The molecule has 0 aliphatic rings. The van der Waals surface area contributed by atoms with Gasteiger partial charge in [-0.2, -0.15) is 0 Å². The highest BCUT2D eigenvalue weighted by Gasteiger charge is 2.12. The number of amides is 1. The van der Waals surface area contributed by atoms with Crippen LogP contribution in [0.15, 0.2) is 42.5 Å². The van der Waals surface area contributed by atoms with E-state index < -0.39 is 0 Å². The van der Waals surface area contributed by atoms with Crippen LogP contribution in [0.25, 0.3) is 0 Å². The van der Waals surface area contributed by atoms with Crippen molar-refractivity contribution in [2.45, 2.75) is 20.4 Å². The number of hydrogen-bond acceptors (Lipinski definition) is 2. The van der Waals surface area contributed by atoms with Gasteiger partial charge < -0.3 is 10.2 Å². The third kappa shape index (κ3) is 3.63. The Balaban J connectivity index is 2.16. The molecule has 110 valence electrons. The molecule has 1 N–H and O–H groups in total. The van der Waals surface area contributed by atoms with E-state index in [1.165, 1.54) is 16.7 Å². The second kappa shape index (κ2) is 6.44. The molecule has 2 aromatic carbocycles. The first-order valence-electron chi connectivity index (χ1n) is 7.09. The summed E-state index contributed by atoms with van der Waals surface area (Å²) >= 11 is 0. The van der Waals surface area contributed by atoms with E-state index in [0.29, 0.717) is 12.1 Å². The van der Waals surface area contributed by atoms with Gasteiger partial charge in [-0.25, -0.2) is 0 Å². The van der Waals surface area contributed by atoms with Crippen LogP contribution in [0.4, 0.5) is 5.69 Å². The number of carbonyl (C=O) groups is 1. The second-order valence-electron chi connectivity index (χ2n) is 5.52. The zero-order chi connectivity index (χ0) is 15.4. The van der Waals surface area contributed by atoms with Crippen LogP contribution in [-0.2, 0) is 6.54 Å². The molecular formula is C18H22N2O. The first-order chi connectivity index (χ1) is 9.99. The van der Waals surface area contributed by atoms with Gasteiger partial charge in [0.25, 0.3) is 5.91 Å². The maximum absolute atomic E-state index is 12.2. The van der Waals surface area contributed by atoms with E-state index in [0.717, 1.165) is 5.69 Å². The minimum atomic E-state index is 0.0122. The van der Waals surface area contributed by atoms with Crippen molar-refractivity contribution < 1.29 is 4.79 Å². The number of rotatable bonds is 4. The van der Waals surface area contributed by atoms with Crippen LogP contribution in [0.2, 0.25) is 0 Å². The van der Waals surface area contributed by atoms with E-state index in [1.54, 1.807) is 19.0 Å². The quantitative estimate of drug-likeness (QED) is 0.929. The molecule has 0 unspecified atom stereocenters. The Hall–Kier alpha value is -2.29. The molecule has 0 aliphatic carbocycles. The molecule has 0 aliphatic heterocycles. The van der Waals surface area contributed by atoms with Gasteiger partial charge in [0.1, 0.15) is 0 Å². The molecule has 3 nitrogen and oxygen atoms in total. The average molecular weight is 282 g/mol. The van der Waals surface area contributed by atoms with Crippen LogP contribution >= 0.6 is 0 Å². The molecule has 0 spiro atoms. The van der Waals surface area contributed by atoms with Gasteiger partial charge in [-0.15, -0.1) is 0 Å². The number of hydrogen-bond donors (Lipinski definition) is 1. The Labute approximate surface area is 126 Å². The van der Waals surface area contributed by atoms with E-state index in [1.807, 2.05) is 24.3 Å². The van der Waals surface area contributed by atoms with Crippen molar-refractivity contribution in [3.63, 3.8) is 0 Å². The molecule has 0 radical (unpaired) electrons. The standard InChI is InChI=1S/C18H22N2O/c1-13-9-10-15(11-14(13)2)12-19-17-8-6-5-7-16(17)18(21)20(3)4/h5-11,19H,12H2,1-4H3. The zero-order valence-corrected chi connectivity index (χ0v) is 13.1. The van der Waals surface area contributed by atoms with E-state index in [2.05, 4.69) is 37.4 Å². The Kier molecular flexibility index (Phi) is 4.63. The van der Waals surface area contributed by atoms with Crippen LogP contribution < -0.4 is 5.32 Å². The van der Waals surface area contributed by atoms with Gasteiger partial charge in [-0.05, 0) is 42.7 Å². The number of aryl methyl sites for hydroxylation is 2. The van der Waals surface area contributed by atoms with Crippen LogP contribution in [0, 0.1) is 13.8 Å². The molecule has 0 heterocycles. The summed E-state index contributed by atoms with van der Waals surface area (Å²) in [6.45, 7) is 4.93. The summed E-state index contributed by atoms with van der Waals surface area (Å²) in [5, 5.41) is 3.36. The molecule has 1 amide bonds. The number of nitrogens with zero attached hydrogens (tertiary/aromatic N) is 1. The lowest BCUT2D eigenvalue weighted by Gasteiger charge is -2.15. The number of carbonyl (C=O) groups excluding carboxylic acids is 1. The van der Waals surface area contributed by atoms with Crippen molar-refractivity contribution in [3.05, 3.63) is 64.7 Å². The van der Waals surface area contributed by atoms with E-state index >= 15 is 0 Å².